The van der Waals surface area contributed by atoms with Gasteiger partial charge < -0.3 is 10.4 Å². The normalized spacial score (nSPS) is 16.4. The van der Waals surface area contributed by atoms with Crippen LogP contribution in [0, 0.1) is 12.3 Å². The maximum Gasteiger partial charge on any atom is 0.269 e. The minimum absolute atomic E-state index is 0.0650. The zero-order chi connectivity index (χ0) is 14.8. The van der Waals surface area contributed by atoms with E-state index in [1.54, 1.807) is 0 Å². The number of hydrogen-bond donors (Lipinski definition) is 2. The highest BCUT2D eigenvalue weighted by Crippen LogP contribution is 2.44. The van der Waals surface area contributed by atoms with Gasteiger partial charge in [-0.25, -0.2) is 0 Å². The highest BCUT2D eigenvalue weighted by molar-refractivity contribution is 5.92. The lowest BCUT2D eigenvalue weighted by molar-refractivity contribution is 0.0921. The zero-order valence-corrected chi connectivity index (χ0v) is 12.6. The smallest absolute Gasteiger partial charge is 0.269 e. The molecule has 1 saturated carbocycles. The second-order valence-electron chi connectivity index (χ2n) is 5.93. The van der Waals surface area contributed by atoms with Gasteiger partial charge in [0, 0.05) is 12.0 Å². The molecule has 20 heavy (non-hydrogen) atoms. The lowest BCUT2D eigenvalue weighted by Crippen LogP contribution is -2.33. The van der Waals surface area contributed by atoms with Crippen LogP contribution in [0.4, 0.5) is 0 Å². The predicted octanol–water partition coefficient (Wildman–Crippen LogP) is 2.05. The predicted molar refractivity (Wildman–Crippen MR) is 77.7 cm³/mol. The Labute approximate surface area is 120 Å². The van der Waals surface area contributed by atoms with E-state index in [0.717, 1.165) is 31.4 Å². The molecule has 1 aromatic rings. The van der Waals surface area contributed by atoms with Crippen molar-refractivity contribution in [3.05, 3.63) is 17.5 Å². The summed E-state index contributed by atoms with van der Waals surface area (Å²) in [5.41, 5.74) is 1.43. The van der Waals surface area contributed by atoms with E-state index in [0.29, 0.717) is 12.2 Å². The maximum atomic E-state index is 12.4. The number of aliphatic hydroxyl groups excluding tert-OH is 1. The number of nitrogens with one attached hydrogen (secondary N) is 1. The van der Waals surface area contributed by atoms with Crippen LogP contribution in [0.25, 0.3) is 0 Å². The average Bonchev–Trinajstić information content (AvgIpc) is 3.14. The fourth-order valence-corrected chi connectivity index (χ4v) is 2.53. The SMILES string of the molecule is CCC(CC)n1nc(C)cc1C(=O)NCC1(CO)CC1. The Morgan fingerprint density at radius 1 is 1.50 bits per heavy atom. The number of nitrogens with zero attached hydrogens (tertiary/aromatic N) is 2. The molecule has 1 fully saturated rings. The molecule has 0 spiro atoms. The number of aromatic nitrogens is 2. The van der Waals surface area contributed by atoms with Crippen molar-refractivity contribution in [3.8, 4) is 0 Å². The molecule has 0 aliphatic heterocycles. The zero-order valence-electron chi connectivity index (χ0n) is 12.6. The van der Waals surface area contributed by atoms with E-state index < -0.39 is 0 Å². The van der Waals surface area contributed by atoms with Crippen LogP contribution in [0.2, 0.25) is 0 Å². The van der Waals surface area contributed by atoms with E-state index in [1.165, 1.54) is 0 Å². The molecule has 0 aromatic carbocycles. The molecule has 0 bridgehead atoms. The summed E-state index contributed by atoms with van der Waals surface area (Å²) in [6.07, 6.45) is 3.90. The van der Waals surface area contributed by atoms with E-state index in [-0.39, 0.29) is 24.0 Å². The summed E-state index contributed by atoms with van der Waals surface area (Å²) in [6.45, 7) is 6.83. The highest BCUT2D eigenvalue weighted by Gasteiger charge is 2.42. The van der Waals surface area contributed by atoms with Gasteiger partial charge in [-0.2, -0.15) is 5.10 Å². The number of aliphatic hydroxyl groups is 1. The minimum atomic E-state index is -0.0859. The molecule has 112 valence electrons. The van der Waals surface area contributed by atoms with Gasteiger partial charge in [0.05, 0.1) is 18.3 Å². The fraction of sp³-hybridized carbons (Fsp3) is 0.733. The molecule has 1 amide bonds. The molecule has 2 rings (SSSR count). The van der Waals surface area contributed by atoms with E-state index in [1.807, 2.05) is 17.7 Å². The van der Waals surface area contributed by atoms with Crippen molar-refractivity contribution in [3.63, 3.8) is 0 Å². The standard InChI is InChI=1S/C15H25N3O2/c1-4-12(5-2)18-13(8-11(3)17-18)14(20)16-9-15(10-19)6-7-15/h8,12,19H,4-7,9-10H2,1-3H3,(H,16,20). The first-order chi connectivity index (χ1) is 9.55. The lowest BCUT2D eigenvalue weighted by atomic mass is 10.1. The van der Waals surface area contributed by atoms with Crippen LogP contribution < -0.4 is 5.32 Å². The number of rotatable bonds is 7. The van der Waals surface area contributed by atoms with Crippen molar-refractivity contribution in [1.29, 1.82) is 0 Å². The van der Waals surface area contributed by atoms with Gasteiger partial charge in [0.2, 0.25) is 0 Å². The summed E-state index contributed by atoms with van der Waals surface area (Å²) in [4.78, 5) is 12.4. The van der Waals surface area contributed by atoms with Crippen LogP contribution >= 0.6 is 0 Å². The molecule has 5 heteroatoms. The first kappa shape index (κ1) is 15.0. The molecule has 5 nitrogen and oxygen atoms in total. The van der Waals surface area contributed by atoms with E-state index in [4.69, 9.17) is 0 Å². The second kappa shape index (κ2) is 5.95. The van der Waals surface area contributed by atoms with E-state index >= 15 is 0 Å². The topological polar surface area (TPSA) is 67.2 Å². The molecule has 0 saturated heterocycles. The van der Waals surface area contributed by atoms with Crippen LogP contribution in [-0.2, 0) is 0 Å². The Bertz CT molecular complexity index is 473. The van der Waals surface area contributed by atoms with Crippen molar-refractivity contribution in [2.75, 3.05) is 13.2 Å². The van der Waals surface area contributed by atoms with Gasteiger partial charge in [-0.15, -0.1) is 0 Å². The number of carbonyl (C=O) groups is 1. The molecular weight excluding hydrogens is 254 g/mol. The Balaban J connectivity index is 2.09. The van der Waals surface area contributed by atoms with Crippen LogP contribution in [0.5, 0.6) is 0 Å². The van der Waals surface area contributed by atoms with Crippen molar-refractivity contribution in [2.24, 2.45) is 5.41 Å². The third-order valence-electron chi connectivity index (χ3n) is 4.30. The van der Waals surface area contributed by atoms with Crippen molar-refractivity contribution >= 4 is 5.91 Å². The van der Waals surface area contributed by atoms with Crippen molar-refractivity contribution < 1.29 is 9.90 Å². The van der Waals surface area contributed by atoms with E-state index in [2.05, 4.69) is 24.3 Å². The third-order valence-corrected chi connectivity index (χ3v) is 4.30. The van der Waals surface area contributed by atoms with Crippen molar-refractivity contribution in [1.82, 2.24) is 15.1 Å². The first-order valence-corrected chi connectivity index (χ1v) is 7.50. The maximum absolute atomic E-state index is 12.4. The van der Waals surface area contributed by atoms with Crippen LogP contribution in [0.3, 0.4) is 0 Å². The molecular formula is C15H25N3O2. The lowest BCUT2D eigenvalue weighted by Gasteiger charge is -2.17. The van der Waals surface area contributed by atoms with Gasteiger partial charge in [-0.3, -0.25) is 9.48 Å². The minimum Gasteiger partial charge on any atom is -0.396 e. The largest absolute Gasteiger partial charge is 0.396 e. The summed E-state index contributed by atoms with van der Waals surface area (Å²) in [7, 11) is 0. The monoisotopic (exact) mass is 279 g/mol. The molecule has 1 aliphatic rings. The fourth-order valence-electron chi connectivity index (χ4n) is 2.53. The quantitative estimate of drug-likeness (QED) is 0.802. The van der Waals surface area contributed by atoms with Gasteiger partial charge in [0.15, 0.2) is 0 Å². The van der Waals surface area contributed by atoms with Gasteiger partial charge >= 0.3 is 0 Å². The molecule has 0 unspecified atom stereocenters. The van der Waals surface area contributed by atoms with E-state index in [9.17, 15) is 9.90 Å². The van der Waals surface area contributed by atoms with Gasteiger partial charge in [-0.1, -0.05) is 13.8 Å². The molecule has 1 heterocycles. The summed E-state index contributed by atoms with van der Waals surface area (Å²) in [5.74, 6) is -0.0859. The van der Waals surface area contributed by atoms with Crippen LogP contribution in [0.15, 0.2) is 6.07 Å². The molecule has 1 aromatic heterocycles. The van der Waals surface area contributed by atoms with Gasteiger partial charge in [0.25, 0.3) is 5.91 Å². The average molecular weight is 279 g/mol. The molecule has 0 radical (unpaired) electrons. The van der Waals surface area contributed by atoms with Gasteiger partial charge in [-0.05, 0) is 38.7 Å². The second-order valence-corrected chi connectivity index (χ2v) is 5.93. The number of hydrogen-bond acceptors (Lipinski definition) is 3. The summed E-state index contributed by atoms with van der Waals surface area (Å²) < 4.78 is 1.85. The number of aryl methyl sites for hydroxylation is 1. The van der Waals surface area contributed by atoms with Crippen LogP contribution in [0.1, 0.15) is 61.8 Å². The summed E-state index contributed by atoms with van der Waals surface area (Å²) >= 11 is 0. The molecule has 2 N–H and O–H groups in total. The van der Waals surface area contributed by atoms with Crippen molar-refractivity contribution in [2.45, 2.75) is 52.5 Å². The third kappa shape index (κ3) is 3.03. The Morgan fingerprint density at radius 3 is 2.65 bits per heavy atom. The highest BCUT2D eigenvalue weighted by atomic mass is 16.3. The number of amides is 1. The van der Waals surface area contributed by atoms with Gasteiger partial charge in [0.1, 0.15) is 5.69 Å². The summed E-state index contributed by atoms with van der Waals surface area (Å²) in [5, 5.41) is 16.7. The van der Waals surface area contributed by atoms with Crippen LogP contribution in [-0.4, -0.2) is 33.9 Å². The first-order valence-electron chi connectivity index (χ1n) is 7.50. The summed E-state index contributed by atoms with van der Waals surface area (Å²) in [6, 6.07) is 2.10. The molecule has 1 aliphatic carbocycles. The molecule has 0 atom stereocenters. The number of carbonyl (C=O) groups excluding carboxylic acids is 1. The Kier molecular flexibility index (Phi) is 4.48. The Hall–Kier alpha value is -1.36. The Morgan fingerprint density at radius 2 is 2.15 bits per heavy atom.